The Labute approximate surface area is 113 Å². The van der Waals surface area contributed by atoms with Crippen LogP contribution in [0, 0.1) is 0 Å². The van der Waals surface area contributed by atoms with Crippen molar-refractivity contribution in [3.05, 3.63) is 0 Å². The summed E-state index contributed by atoms with van der Waals surface area (Å²) in [4.78, 5) is 31.6. The van der Waals surface area contributed by atoms with Gasteiger partial charge in [0, 0.05) is 25.7 Å². The van der Waals surface area contributed by atoms with Crippen LogP contribution in [0.3, 0.4) is 0 Å². The van der Waals surface area contributed by atoms with Crippen molar-refractivity contribution < 1.29 is 33.9 Å². The van der Waals surface area contributed by atoms with E-state index in [0.717, 1.165) is 0 Å². The molecule has 0 saturated carbocycles. The molecule has 0 rings (SSSR count). The molecule has 0 aliphatic carbocycles. The van der Waals surface area contributed by atoms with E-state index in [4.69, 9.17) is 19.2 Å². The number of esters is 2. The fourth-order valence-corrected chi connectivity index (χ4v) is 0.912. The van der Waals surface area contributed by atoms with Gasteiger partial charge in [-0.15, -0.1) is 0 Å². The predicted octanol–water partition coefficient (Wildman–Crippen LogP) is 2.24. The molecule has 2 atom stereocenters. The minimum Gasteiger partial charge on any atom is -0.433 e. The second-order valence-corrected chi connectivity index (χ2v) is 3.62. The van der Waals surface area contributed by atoms with Crippen molar-refractivity contribution >= 4 is 11.9 Å². The van der Waals surface area contributed by atoms with Gasteiger partial charge in [-0.1, -0.05) is 32.7 Å². The van der Waals surface area contributed by atoms with Gasteiger partial charge in [0.25, 0.3) is 0 Å². The van der Waals surface area contributed by atoms with Crippen LogP contribution in [0.5, 0.6) is 0 Å². The summed E-state index contributed by atoms with van der Waals surface area (Å²) < 4.78 is 9.79. The summed E-state index contributed by atoms with van der Waals surface area (Å²) in [6.45, 7) is 6.85. The first-order valence-corrected chi connectivity index (χ1v) is 6.44. The third-order valence-electron chi connectivity index (χ3n) is 2.06. The zero-order chi connectivity index (χ0) is 14.7. The lowest BCUT2D eigenvalue weighted by Crippen LogP contribution is -2.24. The lowest BCUT2D eigenvalue weighted by atomic mass is 10.4. The maximum atomic E-state index is 11.1. The van der Waals surface area contributed by atoms with Crippen LogP contribution in [0.2, 0.25) is 0 Å². The molecule has 7 heteroatoms. The smallest absolute Gasteiger partial charge is 0.307 e. The molecule has 0 spiro atoms. The minimum atomic E-state index is -0.855. The molecule has 0 radical (unpaired) electrons. The van der Waals surface area contributed by atoms with E-state index in [1.54, 1.807) is 27.7 Å². The zero-order valence-electron chi connectivity index (χ0n) is 11.8. The Morgan fingerprint density at radius 2 is 1.16 bits per heavy atom. The van der Waals surface area contributed by atoms with Gasteiger partial charge in [-0.2, -0.15) is 9.78 Å². The summed E-state index contributed by atoms with van der Waals surface area (Å²) in [6, 6.07) is 0. The Bertz CT molecular complexity index is 241. The third kappa shape index (κ3) is 8.52. The van der Waals surface area contributed by atoms with Crippen LogP contribution in [0.15, 0.2) is 0 Å². The maximum absolute atomic E-state index is 11.1. The number of carbonyl (C=O) groups excluding carboxylic acids is 2. The molecule has 0 amide bonds. The van der Waals surface area contributed by atoms with Gasteiger partial charge >= 0.3 is 11.9 Å². The number of carbonyl (C=O) groups is 2. The third-order valence-corrected chi connectivity index (χ3v) is 2.06. The van der Waals surface area contributed by atoms with Crippen molar-refractivity contribution in [3.8, 4) is 0 Å². The van der Waals surface area contributed by atoms with Crippen LogP contribution in [0.25, 0.3) is 0 Å². The molecule has 0 aromatic carbocycles. The molecule has 0 saturated heterocycles. The van der Waals surface area contributed by atoms with E-state index in [2.05, 4.69) is 5.04 Å². The highest BCUT2D eigenvalue weighted by Crippen LogP contribution is 2.07. The fourth-order valence-electron chi connectivity index (χ4n) is 0.912. The fraction of sp³-hybridized carbons (Fsp3) is 0.833. The maximum Gasteiger partial charge on any atom is 0.307 e. The van der Waals surface area contributed by atoms with Crippen LogP contribution in [0.4, 0.5) is 0 Å². The van der Waals surface area contributed by atoms with E-state index in [-0.39, 0.29) is 12.8 Å². The molecule has 0 bridgehead atoms. The number of hydrogen-bond acceptors (Lipinski definition) is 7. The second-order valence-electron chi connectivity index (χ2n) is 3.62. The minimum absolute atomic E-state index is 0.242. The van der Waals surface area contributed by atoms with Gasteiger partial charge in [-0.05, 0) is 0 Å². The predicted molar refractivity (Wildman–Crippen MR) is 64.2 cm³/mol. The molecular formula is C12H22O7. The number of ether oxygens (including phenoxy) is 2. The first-order valence-electron chi connectivity index (χ1n) is 6.44. The molecule has 19 heavy (non-hydrogen) atoms. The quantitative estimate of drug-likeness (QED) is 0.262. The average molecular weight is 278 g/mol. The molecule has 0 aliphatic heterocycles. The van der Waals surface area contributed by atoms with E-state index in [9.17, 15) is 9.59 Å². The molecule has 0 fully saturated rings. The standard InChI is InChI=1S/C12H22O7/c1-5-9(13)15-11(7-3)17-19-18-12(8-4)16-10(14)6-2/h11-12H,5-8H2,1-4H3. The molecule has 0 aliphatic rings. The Morgan fingerprint density at radius 1 is 0.789 bits per heavy atom. The van der Waals surface area contributed by atoms with Gasteiger partial charge in [-0.3, -0.25) is 9.59 Å². The van der Waals surface area contributed by atoms with Crippen LogP contribution >= 0.6 is 0 Å². The molecule has 0 aromatic rings. The van der Waals surface area contributed by atoms with Gasteiger partial charge in [0.2, 0.25) is 12.6 Å². The largest absolute Gasteiger partial charge is 0.433 e. The Morgan fingerprint density at radius 3 is 1.42 bits per heavy atom. The van der Waals surface area contributed by atoms with Crippen LogP contribution in [0.1, 0.15) is 53.4 Å². The normalized spacial score (nSPS) is 13.7. The van der Waals surface area contributed by atoms with E-state index in [1.807, 2.05) is 0 Å². The summed E-state index contributed by atoms with van der Waals surface area (Å²) >= 11 is 0. The summed E-state index contributed by atoms with van der Waals surface area (Å²) in [6.07, 6.45) is -0.418. The van der Waals surface area contributed by atoms with Gasteiger partial charge < -0.3 is 9.47 Å². The van der Waals surface area contributed by atoms with Crippen molar-refractivity contribution in [1.29, 1.82) is 0 Å². The van der Waals surface area contributed by atoms with Gasteiger partial charge in [0.15, 0.2) is 0 Å². The summed E-state index contributed by atoms with van der Waals surface area (Å²) in [7, 11) is 0. The summed E-state index contributed by atoms with van der Waals surface area (Å²) in [5.74, 6) is -0.806. The molecule has 112 valence electrons. The summed E-state index contributed by atoms with van der Waals surface area (Å²) in [5, 5.41) is 4.48. The lowest BCUT2D eigenvalue weighted by Gasteiger charge is -2.17. The van der Waals surface area contributed by atoms with E-state index >= 15 is 0 Å². The number of hydrogen-bond donors (Lipinski definition) is 0. The number of rotatable bonds is 10. The lowest BCUT2D eigenvalue weighted by molar-refractivity contribution is -0.569. The highest BCUT2D eigenvalue weighted by atomic mass is 17.5. The first kappa shape index (κ1) is 17.8. The SMILES string of the molecule is CCC(=O)OC(CC)OOOC(CC)OC(=O)CC. The van der Waals surface area contributed by atoms with Gasteiger partial charge in [0.05, 0.1) is 0 Å². The van der Waals surface area contributed by atoms with Crippen LogP contribution in [-0.2, 0) is 33.9 Å². The van der Waals surface area contributed by atoms with Gasteiger partial charge in [0.1, 0.15) is 0 Å². The van der Waals surface area contributed by atoms with Crippen molar-refractivity contribution in [2.45, 2.75) is 66.0 Å². The molecular weight excluding hydrogens is 256 g/mol. The molecule has 0 aromatic heterocycles. The average Bonchev–Trinajstić information content (AvgIpc) is 2.44. The highest BCUT2D eigenvalue weighted by Gasteiger charge is 2.17. The highest BCUT2D eigenvalue weighted by molar-refractivity contribution is 5.69. The van der Waals surface area contributed by atoms with Crippen LogP contribution < -0.4 is 0 Å². The first-order chi connectivity index (χ1) is 9.07. The van der Waals surface area contributed by atoms with E-state index in [0.29, 0.717) is 12.8 Å². The zero-order valence-corrected chi connectivity index (χ0v) is 11.8. The molecule has 0 N–H and O–H groups in total. The molecule has 2 unspecified atom stereocenters. The van der Waals surface area contributed by atoms with Gasteiger partial charge in [-0.25, -0.2) is 0 Å². The van der Waals surface area contributed by atoms with Crippen molar-refractivity contribution in [3.63, 3.8) is 0 Å². The topological polar surface area (TPSA) is 80.3 Å². The Balaban J connectivity index is 3.95. The molecule has 7 nitrogen and oxygen atoms in total. The van der Waals surface area contributed by atoms with E-state index in [1.165, 1.54) is 0 Å². The Kier molecular flexibility index (Phi) is 10.1. The molecule has 0 heterocycles. The van der Waals surface area contributed by atoms with E-state index < -0.39 is 24.5 Å². The van der Waals surface area contributed by atoms with Crippen molar-refractivity contribution in [2.24, 2.45) is 0 Å². The van der Waals surface area contributed by atoms with Crippen molar-refractivity contribution in [2.75, 3.05) is 0 Å². The summed E-state index contributed by atoms with van der Waals surface area (Å²) in [5.41, 5.74) is 0. The Hall–Kier alpha value is -1.18. The second kappa shape index (κ2) is 10.7. The monoisotopic (exact) mass is 278 g/mol. The van der Waals surface area contributed by atoms with Crippen LogP contribution in [-0.4, -0.2) is 24.5 Å². The van der Waals surface area contributed by atoms with Crippen molar-refractivity contribution in [1.82, 2.24) is 0 Å².